The molecule has 1 aliphatic rings. The second-order valence-electron chi connectivity index (χ2n) is 6.79. The minimum atomic E-state index is 0.625. The van der Waals surface area contributed by atoms with Gasteiger partial charge in [0, 0.05) is 0 Å². The van der Waals surface area contributed by atoms with Crippen LogP contribution in [0.15, 0.2) is 60.7 Å². The van der Waals surface area contributed by atoms with Gasteiger partial charge in [0.1, 0.15) is 0 Å². The molecule has 1 N–H and O–H groups in total. The van der Waals surface area contributed by atoms with E-state index in [1.54, 1.807) is 0 Å². The first-order valence-electron chi connectivity index (χ1n) is 9.41. The van der Waals surface area contributed by atoms with E-state index in [2.05, 4.69) is 72.9 Å². The maximum atomic E-state index is 3.56. The van der Waals surface area contributed by atoms with Crippen molar-refractivity contribution in [2.24, 2.45) is 5.92 Å². The van der Waals surface area contributed by atoms with E-state index in [0.29, 0.717) is 5.92 Å². The monoisotopic (exact) mass is 319 g/mol. The number of nitrogens with one attached hydrogen (secondary N) is 1. The summed E-state index contributed by atoms with van der Waals surface area (Å²) in [6.07, 6.45) is 8.48. The van der Waals surface area contributed by atoms with Crippen molar-refractivity contribution in [2.75, 3.05) is 13.1 Å². The van der Waals surface area contributed by atoms with E-state index in [-0.39, 0.29) is 0 Å². The molecule has 2 aromatic carbocycles. The molecule has 0 atom stereocenters. The highest BCUT2D eigenvalue weighted by Gasteiger charge is 2.24. The van der Waals surface area contributed by atoms with Crippen LogP contribution in [0.4, 0.5) is 0 Å². The van der Waals surface area contributed by atoms with Gasteiger partial charge in [-0.3, -0.25) is 0 Å². The molecule has 0 unspecified atom stereocenters. The lowest BCUT2D eigenvalue weighted by Crippen LogP contribution is -2.16. The summed E-state index contributed by atoms with van der Waals surface area (Å²) in [5.74, 6) is 0.625. The SMILES string of the molecule is CCCCNCCC=C(c1ccccc1)C1Cc2ccccc2C1. The fourth-order valence-electron chi connectivity index (χ4n) is 3.69. The second-order valence-corrected chi connectivity index (χ2v) is 6.79. The van der Waals surface area contributed by atoms with E-state index >= 15 is 0 Å². The van der Waals surface area contributed by atoms with Crippen LogP contribution in [0.2, 0.25) is 0 Å². The quantitative estimate of drug-likeness (QED) is 0.654. The van der Waals surface area contributed by atoms with Crippen LogP contribution in [0.3, 0.4) is 0 Å². The summed E-state index contributed by atoms with van der Waals surface area (Å²) >= 11 is 0. The number of rotatable bonds is 8. The van der Waals surface area contributed by atoms with Crippen LogP contribution < -0.4 is 5.32 Å². The number of hydrogen-bond acceptors (Lipinski definition) is 1. The van der Waals surface area contributed by atoms with Gasteiger partial charge >= 0.3 is 0 Å². The lowest BCUT2D eigenvalue weighted by Gasteiger charge is -2.16. The molecule has 0 saturated carbocycles. The normalized spacial score (nSPS) is 14.8. The molecule has 0 aliphatic heterocycles. The zero-order valence-electron chi connectivity index (χ0n) is 14.8. The molecule has 0 bridgehead atoms. The number of benzene rings is 2. The standard InChI is InChI=1S/C23H29N/c1-2-3-15-24-16-9-14-23(19-10-5-4-6-11-19)22-17-20-12-7-8-13-21(20)18-22/h4-8,10-14,22,24H,2-3,9,15-18H2,1H3. The first-order chi connectivity index (χ1) is 11.9. The van der Waals surface area contributed by atoms with Crippen molar-refractivity contribution in [3.63, 3.8) is 0 Å². The summed E-state index contributed by atoms with van der Waals surface area (Å²) in [5.41, 5.74) is 5.99. The van der Waals surface area contributed by atoms with Crippen LogP contribution in [-0.4, -0.2) is 13.1 Å². The van der Waals surface area contributed by atoms with Crippen molar-refractivity contribution in [3.8, 4) is 0 Å². The molecule has 0 radical (unpaired) electrons. The van der Waals surface area contributed by atoms with Crippen molar-refractivity contribution in [1.82, 2.24) is 5.32 Å². The number of unbranched alkanes of at least 4 members (excludes halogenated alkanes) is 1. The van der Waals surface area contributed by atoms with Crippen LogP contribution in [0, 0.1) is 5.92 Å². The number of allylic oxidation sites excluding steroid dienone is 1. The van der Waals surface area contributed by atoms with Gasteiger partial charge in [0.25, 0.3) is 0 Å². The molecule has 0 heterocycles. The Morgan fingerprint density at radius 1 is 0.958 bits per heavy atom. The summed E-state index contributed by atoms with van der Waals surface area (Å²) in [6.45, 7) is 4.46. The molecule has 0 fully saturated rings. The fraction of sp³-hybridized carbons (Fsp3) is 0.391. The van der Waals surface area contributed by atoms with E-state index in [9.17, 15) is 0 Å². The Kier molecular flexibility index (Phi) is 6.26. The van der Waals surface area contributed by atoms with E-state index in [4.69, 9.17) is 0 Å². The van der Waals surface area contributed by atoms with Gasteiger partial charge in [-0.1, -0.05) is 74.0 Å². The highest BCUT2D eigenvalue weighted by atomic mass is 14.8. The van der Waals surface area contributed by atoms with Gasteiger partial charge in [-0.15, -0.1) is 0 Å². The molecule has 0 aromatic heterocycles. The topological polar surface area (TPSA) is 12.0 Å². The lowest BCUT2D eigenvalue weighted by atomic mass is 9.89. The predicted octanol–water partition coefficient (Wildman–Crippen LogP) is 5.26. The van der Waals surface area contributed by atoms with Gasteiger partial charge in [-0.05, 0) is 67.0 Å². The Balaban J connectivity index is 1.70. The molecule has 0 spiro atoms. The molecular weight excluding hydrogens is 290 g/mol. The van der Waals surface area contributed by atoms with Crippen molar-refractivity contribution in [3.05, 3.63) is 77.4 Å². The molecule has 1 aliphatic carbocycles. The van der Waals surface area contributed by atoms with Gasteiger partial charge in [0.05, 0.1) is 0 Å². The Morgan fingerprint density at radius 3 is 2.29 bits per heavy atom. The van der Waals surface area contributed by atoms with Crippen LogP contribution in [0.25, 0.3) is 5.57 Å². The van der Waals surface area contributed by atoms with Crippen LogP contribution in [0.1, 0.15) is 42.9 Å². The van der Waals surface area contributed by atoms with Crippen LogP contribution in [0.5, 0.6) is 0 Å². The predicted molar refractivity (Wildman–Crippen MR) is 104 cm³/mol. The van der Waals surface area contributed by atoms with E-state index in [0.717, 1.165) is 19.5 Å². The summed E-state index contributed by atoms with van der Waals surface area (Å²) in [6, 6.07) is 19.9. The van der Waals surface area contributed by atoms with Gasteiger partial charge in [0.2, 0.25) is 0 Å². The summed E-state index contributed by atoms with van der Waals surface area (Å²) in [7, 11) is 0. The van der Waals surface area contributed by atoms with Crippen molar-refractivity contribution < 1.29 is 0 Å². The molecule has 0 amide bonds. The smallest absolute Gasteiger partial charge is 0.00141 e. The van der Waals surface area contributed by atoms with Crippen molar-refractivity contribution >= 4 is 5.57 Å². The highest BCUT2D eigenvalue weighted by Crippen LogP contribution is 2.36. The lowest BCUT2D eigenvalue weighted by molar-refractivity contribution is 0.643. The summed E-state index contributed by atoms with van der Waals surface area (Å²) in [4.78, 5) is 0. The van der Waals surface area contributed by atoms with Gasteiger partial charge in [-0.2, -0.15) is 0 Å². The van der Waals surface area contributed by atoms with Gasteiger partial charge in [-0.25, -0.2) is 0 Å². The minimum Gasteiger partial charge on any atom is -0.316 e. The fourth-order valence-corrected chi connectivity index (χ4v) is 3.69. The van der Waals surface area contributed by atoms with Crippen molar-refractivity contribution in [1.29, 1.82) is 0 Å². The first kappa shape index (κ1) is 17.0. The summed E-state index contributed by atoms with van der Waals surface area (Å²) < 4.78 is 0. The third kappa shape index (κ3) is 4.36. The Bertz CT molecular complexity index is 632. The maximum absolute atomic E-state index is 3.56. The zero-order valence-corrected chi connectivity index (χ0v) is 14.8. The van der Waals surface area contributed by atoms with E-state index in [1.807, 2.05) is 0 Å². The maximum Gasteiger partial charge on any atom is -0.00141 e. The molecule has 0 saturated heterocycles. The molecule has 24 heavy (non-hydrogen) atoms. The van der Waals surface area contributed by atoms with Gasteiger partial charge < -0.3 is 5.32 Å². The third-order valence-electron chi connectivity index (χ3n) is 4.99. The average molecular weight is 319 g/mol. The van der Waals surface area contributed by atoms with Crippen LogP contribution in [-0.2, 0) is 12.8 Å². The minimum absolute atomic E-state index is 0.625. The number of hydrogen-bond donors (Lipinski definition) is 1. The first-order valence-corrected chi connectivity index (χ1v) is 9.41. The average Bonchev–Trinajstić information content (AvgIpc) is 3.05. The molecular formula is C23H29N. The van der Waals surface area contributed by atoms with E-state index < -0.39 is 0 Å². The Morgan fingerprint density at radius 2 is 1.62 bits per heavy atom. The van der Waals surface area contributed by atoms with E-state index in [1.165, 1.54) is 47.9 Å². The molecule has 1 nitrogen and oxygen atoms in total. The third-order valence-corrected chi connectivity index (χ3v) is 4.99. The summed E-state index contributed by atoms with van der Waals surface area (Å²) in [5, 5.41) is 3.56. The molecule has 126 valence electrons. The molecule has 3 rings (SSSR count). The van der Waals surface area contributed by atoms with Crippen molar-refractivity contribution in [2.45, 2.75) is 39.0 Å². The highest BCUT2D eigenvalue weighted by molar-refractivity contribution is 5.69. The Labute approximate surface area is 146 Å². The van der Waals surface area contributed by atoms with Gasteiger partial charge in [0.15, 0.2) is 0 Å². The molecule has 1 heteroatoms. The molecule has 2 aromatic rings. The van der Waals surface area contributed by atoms with Crippen LogP contribution >= 0.6 is 0 Å². The zero-order chi connectivity index (χ0) is 16.6. The largest absolute Gasteiger partial charge is 0.316 e. The Hall–Kier alpha value is -1.86. The number of fused-ring (bicyclic) bond motifs is 1. The second kappa shape index (κ2) is 8.84.